The summed E-state index contributed by atoms with van der Waals surface area (Å²) < 4.78 is 20.7. The number of nitrogens with zero attached hydrogens (tertiary/aromatic N) is 5. The summed E-state index contributed by atoms with van der Waals surface area (Å²) in [7, 11) is 0. The highest BCUT2D eigenvalue weighted by Gasteiger charge is 2.59. The first-order chi connectivity index (χ1) is 16.9. The summed E-state index contributed by atoms with van der Waals surface area (Å²) in [5.74, 6) is -0.246. The van der Waals surface area contributed by atoms with Crippen molar-refractivity contribution in [3.05, 3.63) is 83.4 Å². The molecule has 1 amide bonds. The number of hydrogen-bond acceptors (Lipinski definition) is 5. The second kappa shape index (κ2) is 9.04. The van der Waals surface area contributed by atoms with E-state index >= 15 is 4.39 Å². The van der Waals surface area contributed by atoms with E-state index in [4.69, 9.17) is 23.5 Å². The number of thiocarbonyl (C=S) groups is 1. The van der Waals surface area contributed by atoms with Gasteiger partial charge in [0.15, 0.2) is 16.7 Å². The molecule has 176 valence electrons. The van der Waals surface area contributed by atoms with Crippen LogP contribution >= 0.6 is 12.2 Å². The molecule has 0 N–H and O–H groups in total. The number of aryl methyl sites for hydroxylation is 1. The van der Waals surface area contributed by atoms with Gasteiger partial charge < -0.3 is 14.5 Å². The van der Waals surface area contributed by atoms with Crippen molar-refractivity contribution >= 4 is 40.4 Å². The van der Waals surface area contributed by atoms with Crippen LogP contribution in [0.4, 0.5) is 21.6 Å². The Kier molecular flexibility index (Phi) is 5.91. The van der Waals surface area contributed by atoms with Crippen molar-refractivity contribution in [2.75, 3.05) is 16.4 Å². The van der Waals surface area contributed by atoms with Crippen molar-refractivity contribution in [1.82, 2.24) is 9.97 Å². The Hall–Kier alpha value is -3.90. The molecule has 35 heavy (non-hydrogen) atoms. The summed E-state index contributed by atoms with van der Waals surface area (Å²) in [6.45, 7) is 9.30. The van der Waals surface area contributed by atoms with Crippen LogP contribution in [0.5, 0.6) is 5.75 Å². The lowest BCUT2D eigenvalue weighted by atomic mass is 9.75. The molecule has 1 aliphatic heterocycles. The molecule has 2 fully saturated rings. The van der Waals surface area contributed by atoms with E-state index in [1.54, 1.807) is 42.4 Å². The molecule has 3 aromatic rings. The zero-order chi connectivity index (χ0) is 24.6. The average molecular weight is 488 g/mol. The highest BCUT2D eigenvalue weighted by atomic mass is 32.1. The van der Waals surface area contributed by atoms with Crippen molar-refractivity contribution in [2.45, 2.75) is 38.1 Å². The van der Waals surface area contributed by atoms with Gasteiger partial charge in [0.05, 0.1) is 12.3 Å². The minimum atomic E-state index is -0.835. The van der Waals surface area contributed by atoms with Crippen LogP contribution < -0.4 is 14.5 Å². The van der Waals surface area contributed by atoms with Crippen molar-refractivity contribution in [3.8, 4) is 5.75 Å². The fourth-order valence-electron chi connectivity index (χ4n) is 4.57. The first-order valence-electron chi connectivity index (χ1n) is 11.3. The molecule has 2 aliphatic rings. The molecule has 2 aromatic heterocycles. The van der Waals surface area contributed by atoms with Gasteiger partial charge in [0.2, 0.25) is 0 Å². The van der Waals surface area contributed by atoms with Crippen LogP contribution in [0.15, 0.2) is 55.0 Å². The van der Waals surface area contributed by atoms with E-state index < -0.39 is 11.4 Å². The predicted octanol–water partition coefficient (Wildman–Crippen LogP) is 5.16. The topological polar surface area (TPSA) is 62.9 Å². The monoisotopic (exact) mass is 487 g/mol. The summed E-state index contributed by atoms with van der Waals surface area (Å²) in [5, 5.41) is 0.274. The second-order valence-electron chi connectivity index (χ2n) is 8.66. The largest absolute Gasteiger partial charge is 0.490 e. The molecule has 7 nitrogen and oxygen atoms in total. The number of halogens is 1. The molecule has 5 rings (SSSR count). The van der Waals surface area contributed by atoms with Gasteiger partial charge in [0.1, 0.15) is 11.7 Å². The first kappa shape index (κ1) is 22.9. The Bertz CT molecular complexity index is 1350. The number of pyridine rings is 2. The number of aromatic nitrogens is 2. The minimum Gasteiger partial charge on any atom is -0.490 e. The molecule has 1 saturated carbocycles. The van der Waals surface area contributed by atoms with Crippen LogP contribution in [0, 0.1) is 19.3 Å². The number of carbonyl (C=O) groups excluding carboxylic acids is 1. The Morgan fingerprint density at radius 2 is 2.06 bits per heavy atom. The fraction of sp³-hybridized carbons (Fsp3) is 0.269. The Labute approximate surface area is 208 Å². The van der Waals surface area contributed by atoms with E-state index in [-0.39, 0.29) is 22.6 Å². The lowest BCUT2D eigenvalue weighted by molar-refractivity contribution is -0.123. The minimum absolute atomic E-state index is 0.142. The number of ether oxygens (including phenoxy) is 1. The maximum absolute atomic E-state index is 15.0. The SMILES string of the molecule is [C-]#[N+]c1ncc(N2C(=O)C3(CCC3)N(c3ccc(OCCc4cccnc4)c(F)c3)C2=S)cc1C. The second-order valence-corrected chi connectivity index (χ2v) is 9.03. The maximum atomic E-state index is 15.0. The van der Waals surface area contributed by atoms with Gasteiger partial charge in [-0.2, -0.15) is 0 Å². The highest BCUT2D eigenvalue weighted by molar-refractivity contribution is 7.81. The number of anilines is 2. The summed E-state index contributed by atoms with van der Waals surface area (Å²) in [6.07, 6.45) is 7.68. The van der Waals surface area contributed by atoms with Gasteiger partial charge in [-0.15, -0.1) is 4.98 Å². The standard InChI is InChI=1S/C26H22FN5O2S/c1-17-13-20(16-30-23(17)28-2)31-24(33)26(9-4-10-26)32(25(31)35)19-6-7-22(21(27)14-19)34-12-8-18-5-3-11-29-15-18/h3,5-7,11,13-16H,4,8-10,12H2,1H3. The Morgan fingerprint density at radius 1 is 1.23 bits per heavy atom. The van der Waals surface area contributed by atoms with Gasteiger partial charge in [0, 0.05) is 30.6 Å². The van der Waals surface area contributed by atoms with E-state index in [9.17, 15) is 4.79 Å². The molecule has 0 bridgehead atoms. The maximum Gasteiger partial charge on any atom is 0.272 e. The molecule has 1 aromatic carbocycles. The third kappa shape index (κ3) is 3.90. The third-order valence-corrected chi connectivity index (χ3v) is 6.90. The summed E-state index contributed by atoms with van der Waals surface area (Å²) >= 11 is 5.74. The van der Waals surface area contributed by atoms with Gasteiger partial charge >= 0.3 is 0 Å². The predicted molar refractivity (Wildman–Crippen MR) is 134 cm³/mol. The zero-order valence-corrected chi connectivity index (χ0v) is 19.9. The smallest absolute Gasteiger partial charge is 0.272 e. The summed E-state index contributed by atoms with van der Waals surface area (Å²) in [5.41, 5.74) is 1.85. The number of amides is 1. The van der Waals surface area contributed by atoms with E-state index in [1.807, 2.05) is 12.1 Å². The molecule has 0 radical (unpaired) electrons. The third-order valence-electron chi connectivity index (χ3n) is 6.54. The van der Waals surface area contributed by atoms with E-state index in [0.29, 0.717) is 42.8 Å². The quantitative estimate of drug-likeness (QED) is 0.354. The zero-order valence-electron chi connectivity index (χ0n) is 19.1. The van der Waals surface area contributed by atoms with Gasteiger partial charge in [0.25, 0.3) is 11.7 Å². The molecular weight excluding hydrogens is 465 g/mol. The summed E-state index contributed by atoms with van der Waals surface area (Å²) in [4.78, 5) is 28.4. The Balaban J connectivity index is 1.40. The van der Waals surface area contributed by atoms with E-state index in [1.165, 1.54) is 17.2 Å². The van der Waals surface area contributed by atoms with Gasteiger partial charge in [-0.3, -0.25) is 14.7 Å². The molecule has 9 heteroatoms. The van der Waals surface area contributed by atoms with Crippen LogP contribution in [0.25, 0.3) is 4.85 Å². The fourth-order valence-corrected chi connectivity index (χ4v) is 5.04. The van der Waals surface area contributed by atoms with Crippen LogP contribution in [-0.2, 0) is 11.2 Å². The molecule has 1 saturated heterocycles. The molecule has 1 aliphatic carbocycles. The van der Waals surface area contributed by atoms with Crippen molar-refractivity contribution < 1.29 is 13.9 Å². The van der Waals surface area contributed by atoms with Gasteiger partial charge in [-0.25, -0.2) is 4.39 Å². The van der Waals surface area contributed by atoms with Crippen LogP contribution in [0.1, 0.15) is 30.4 Å². The average Bonchev–Trinajstić information content (AvgIpc) is 3.07. The normalized spacial score (nSPS) is 16.4. The van der Waals surface area contributed by atoms with Crippen molar-refractivity contribution in [3.63, 3.8) is 0 Å². The van der Waals surface area contributed by atoms with Crippen molar-refractivity contribution in [1.29, 1.82) is 0 Å². The number of hydrogen-bond donors (Lipinski definition) is 0. The van der Waals surface area contributed by atoms with Gasteiger partial charge in [-0.1, -0.05) is 12.6 Å². The van der Waals surface area contributed by atoms with Crippen molar-refractivity contribution in [2.24, 2.45) is 0 Å². The highest BCUT2D eigenvalue weighted by Crippen LogP contribution is 2.48. The molecule has 1 spiro atoms. The number of benzene rings is 1. The molecular formula is C26H22FN5O2S. The number of carbonyl (C=O) groups is 1. The first-order valence-corrected chi connectivity index (χ1v) is 11.7. The van der Waals surface area contributed by atoms with E-state index in [0.717, 1.165) is 12.0 Å². The van der Waals surface area contributed by atoms with Crippen LogP contribution in [0.3, 0.4) is 0 Å². The molecule has 3 heterocycles. The molecule has 0 unspecified atom stereocenters. The number of rotatable bonds is 6. The van der Waals surface area contributed by atoms with E-state index in [2.05, 4.69) is 14.8 Å². The van der Waals surface area contributed by atoms with Crippen LogP contribution in [-0.4, -0.2) is 33.1 Å². The lowest BCUT2D eigenvalue weighted by Crippen LogP contribution is -2.55. The van der Waals surface area contributed by atoms with Crippen LogP contribution in [0.2, 0.25) is 0 Å². The Morgan fingerprint density at radius 3 is 2.69 bits per heavy atom. The molecule has 0 atom stereocenters. The summed E-state index contributed by atoms with van der Waals surface area (Å²) in [6, 6.07) is 10.2. The lowest BCUT2D eigenvalue weighted by Gasteiger charge is -2.43. The van der Waals surface area contributed by atoms with Gasteiger partial charge in [-0.05, 0) is 73.8 Å².